The van der Waals surface area contributed by atoms with Gasteiger partial charge in [0.25, 0.3) is 11.8 Å². The fraction of sp³-hybridized carbons (Fsp3) is 0.208. The summed E-state index contributed by atoms with van der Waals surface area (Å²) in [6.45, 7) is 1.92. The van der Waals surface area contributed by atoms with Crippen LogP contribution < -0.4 is 15.4 Å². The molecule has 0 aliphatic heterocycles. The van der Waals surface area contributed by atoms with Crippen LogP contribution in [0.1, 0.15) is 23.0 Å². The summed E-state index contributed by atoms with van der Waals surface area (Å²) >= 11 is 0. The number of carbonyl (C=O) groups is 3. The molecule has 0 aliphatic rings. The summed E-state index contributed by atoms with van der Waals surface area (Å²) in [5.74, 6) is -0.892. The lowest BCUT2D eigenvalue weighted by Gasteiger charge is -2.20. The van der Waals surface area contributed by atoms with Crippen molar-refractivity contribution >= 4 is 23.4 Å². The molecule has 33 heavy (non-hydrogen) atoms. The molecule has 0 saturated heterocycles. The van der Waals surface area contributed by atoms with E-state index in [1.165, 1.54) is 23.3 Å². The van der Waals surface area contributed by atoms with Crippen LogP contribution in [0.2, 0.25) is 0 Å². The molecule has 2 aromatic carbocycles. The van der Waals surface area contributed by atoms with Crippen LogP contribution in [0.4, 0.5) is 10.1 Å². The SMILES string of the molecule is CCN(CC(=O)NCc1ccc(F)cc1)C(=O)COc1cccc(NC(=O)c2ccco2)c1. The zero-order valence-electron chi connectivity index (χ0n) is 18.0. The topological polar surface area (TPSA) is 101 Å². The standard InChI is InChI=1S/C24H24FN3O5/c1-2-28(15-22(29)26-14-17-8-10-18(25)11-9-17)23(30)16-33-20-6-3-5-19(13-20)27-24(31)21-7-4-12-32-21/h3-13H,2,14-16H2,1H3,(H,26,29)(H,27,31). The number of ether oxygens (including phenoxy) is 1. The number of carbonyl (C=O) groups excluding carboxylic acids is 3. The molecule has 172 valence electrons. The molecule has 0 saturated carbocycles. The molecule has 0 radical (unpaired) electrons. The van der Waals surface area contributed by atoms with Crippen molar-refractivity contribution in [1.29, 1.82) is 0 Å². The van der Waals surface area contributed by atoms with Gasteiger partial charge in [0.1, 0.15) is 11.6 Å². The molecule has 0 bridgehead atoms. The summed E-state index contributed by atoms with van der Waals surface area (Å²) in [7, 11) is 0. The molecule has 9 heteroatoms. The van der Waals surface area contributed by atoms with Gasteiger partial charge in [0, 0.05) is 24.8 Å². The Morgan fingerprint density at radius 1 is 1.06 bits per heavy atom. The van der Waals surface area contributed by atoms with Gasteiger partial charge in [0.05, 0.1) is 12.8 Å². The minimum absolute atomic E-state index is 0.126. The van der Waals surface area contributed by atoms with Gasteiger partial charge in [-0.25, -0.2) is 4.39 Å². The predicted molar refractivity (Wildman–Crippen MR) is 119 cm³/mol. The van der Waals surface area contributed by atoms with E-state index in [-0.39, 0.29) is 43.1 Å². The number of rotatable bonds is 10. The number of anilines is 1. The molecule has 0 fully saturated rings. The lowest BCUT2D eigenvalue weighted by Crippen LogP contribution is -2.42. The van der Waals surface area contributed by atoms with Gasteiger partial charge in [-0.2, -0.15) is 0 Å². The third-order valence-corrected chi connectivity index (χ3v) is 4.67. The van der Waals surface area contributed by atoms with Crippen molar-refractivity contribution in [3.63, 3.8) is 0 Å². The van der Waals surface area contributed by atoms with Crippen molar-refractivity contribution in [1.82, 2.24) is 10.2 Å². The van der Waals surface area contributed by atoms with E-state index >= 15 is 0 Å². The first-order chi connectivity index (χ1) is 15.9. The number of nitrogens with one attached hydrogen (secondary N) is 2. The molecular formula is C24H24FN3O5. The summed E-state index contributed by atoms with van der Waals surface area (Å²) in [6.07, 6.45) is 1.41. The maximum atomic E-state index is 13.0. The van der Waals surface area contributed by atoms with Crippen LogP contribution in [0.3, 0.4) is 0 Å². The Morgan fingerprint density at radius 3 is 2.55 bits per heavy atom. The summed E-state index contributed by atoms with van der Waals surface area (Å²) in [5.41, 5.74) is 1.23. The highest BCUT2D eigenvalue weighted by molar-refractivity contribution is 6.02. The van der Waals surface area contributed by atoms with E-state index in [1.54, 1.807) is 55.5 Å². The fourth-order valence-electron chi connectivity index (χ4n) is 2.91. The van der Waals surface area contributed by atoms with Crippen LogP contribution in [-0.2, 0) is 16.1 Å². The Bertz CT molecular complexity index is 1080. The monoisotopic (exact) mass is 453 g/mol. The van der Waals surface area contributed by atoms with Gasteiger partial charge in [0.15, 0.2) is 12.4 Å². The van der Waals surface area contributed by atoms with Gasteiger partial charge in [-0.3, -0.25) is 14.4 Å². The summed E-state index contributed by atoms with van der Waals surface area (Å²) < 4.78 is 23.6. The summed E-state index contributed by atoms with van der Waals surface area (Å²) in [5, 5.41) is 5.39. The van der Waals surface area contributed by atoms with Gasteiger partial charge in [-0.15, -0.1) is 0 Å². The molecule has 1 aromatic heterocycles. The van der Waals surface area contributed by atoms with Gasteiger partial charge >= 0.3 is 0 Å². The lowest BCUT2D eigenvalue weighted by atomic mass is 10.2. The van der Waals surface area contributed by atoms with E-state index in [1.807, 2.05) is 0 Å². The minimum Gasteiger partial charge on any atom is -0.484 e. The first-order valence-corrected chi connectivity index (χ1v) is 10.3. The molecule has 8 nitrogen and oxygen atoms in total. The highest BCUT2D eigenvalue weighted by Crippen LogP contribution is 2.18. The smallest absolute Gasteiger partial charge is 0.291 e. The van der Waals surface area contributed by atoms with Crippen LogP contribution in [0.25, 0.3) is 0 Å². The Hall–Kier alpha value is -4.14. The Kier molecular flexibility index (Phi) is 8.18. The molecule has 2 N–H and O–H groups in total. The molecule has 0 atom stereocenters. The predicted octanol–water partition coefficient (Wildman–Crippen LogP) is 3.21. The van der Waals surface area contributed by atoms with Crippen LogP contribution >= 0.6 is 0 Å². The van der Waals surface area contributed by atoms with E-state index < -0.39 is 5.91 Å². The average molecular weight is 453 g/mol. The third-order valence-electron chi connectivity index (χ3n) is 4.67. The van der Waals surface area contributed by atoms with Gasteiger partial charge in [0.2, 0.25) is 5.91 Å². The Labute approximate surface area is 190 Å². The average Bonchev–Trinajstić information content (AvgIpc) is 3.36. The maximum Gasteiger partial charge on any atom is 0.291 e. The quantitative estimate of drug-likeness (QED) is 0.491. The molecule has 0 aliphatic carbocycles. The van der Waals surface area contributed by atoms with Crippen molar-refractivity contribution in [3.05, 3.63) is 84.1 Å². The van der Waals surface area contributed by atoms with E-state index in [0.717, 1.165) is 5.56 Å². The van der Waals surface area contributed by atoms with E-state index in [4.69, 9.17) is 9.15 Å². The largest absolute Gasteiger partial charge is 0.484 e. The second-order valence-electron chi connectivity index (χ2n) is 7.06. The van der Waals surface area contributed by atoms with Gasteiger partial charge < -0.3 is 24.7 Å². The van der Waals surface area contributed by atoms with Gasteiger partial charge in [-0.05, 0) is 48.9 Å². The second-order valence-corrected chi connectivity index (χ2v) is 7.06. The number of likely N-dealkylation sites (N-methyl/N-ethyl adjacent to an activating group) is 1. The first kappa shape index (κ1) is 23.5. The number of halogens is 1. The van der Waals surface area contributed by atoms with Crippen molar-refractivity contribution < 1.29 is 27.9 Å². The number of hydrogen-bond donors (Lipinski definition) is 2. The number of furan rings is 1. The normalized spacial score (nSPS) is 10.4. The van der Waals surface area contributed by atoms with E-state index in [9.17, 15) is 18.8 Å². The molecule has 3 rings (SSSR count). The highest BCUT2D eigenvalue weighted by Gasteiger charge is 2.16. The third kappa shape index (κ3) is 7.20. The summed E-state index contributed by atoms with van der Waals surface area (Å²) in [4.78, 5) is 38.2. The molecular weight excluding hydrogens is 429 g/mol. The first-order valence-electron chi connectivity index (χ1n) is 10.3. The Balaban J connectivity index is 1.47. The zero-order valence-corrected chi connectivity index (χ0v) is 18.0. The number of benzene rings is 2. The van der Waals surface area contributed by atoms with Crippen LogP contribution in [-0.4, -0.2) is 42.3 Å². The van der Waals surface area contributed by atoms with Crippen molar-refractivity contribution in [3.8, 4) is 5.75 Å². The minimum atomic E-state index is -0.406. The van der Waals surface area contributed by atoms with E-state index in [0.29, 0.717) is 18.0 Å². The number of amides is 3. The fourth-order valence-corrected chi connectivity index (χ4v) is 2.91. The Morgan fingerprint density at radius 2 is 1.85 bits per heavy atom. The molecule has 3 aromatic rings. The molecule has 0 unspecified atom stereocenters. The lowest BCUT2D eigenvalue weighted by molar-refractivity contribution is -0.137. The van der Waals surface area contributed by atoms with Crippen LogP contribution in [0.15, 0.2) is 71.3 Å². The molecule has 0 spiro atoms. The highest BCUT2D eigenvalue weighted by atomic mass is 19.1. The van der Waals surface area contributed by atoms with Crippen LogP contribution in [0.5, 0.6) is 5.75 Å². The molecule has 1 heterocycles. The summed E-state index contributed by atoms with van der Waals surface area (Å²) in [6, 6.07) is 15.6. The van der Waals surface area contributed by atoms with E-state index in [2.05, 4.69) is 10.6 Å². The van der Waals surface area contributed by atoms with Gasteiger partial charge in [-0.1, -0.05) is 18.2 Å². The zero-order chi connectivity index (χ0) is 23.6. The van der Waals surface area contributed by atoms with Crippen molar-refractivity contribution in [2.75, 3.05) is 25.0 Å². The number of hydrogen-bond acceptors (Lipinski definition) is 5. The van der Waals surface area contributed by atoms with Crippen molar-refractivity contribution in [2.24, 2.45) is 0 Å². The maximum absolute atomic E-state index is 13.0. The number of nitrogens with zero attached hydrogens (tertiary/aromatic N) is 1. The van der Waals surface area contributed by atoms with Crippen molar-refractivity contribution in [2.45, 2.75) is 13.5 Å². The molecule has 3 amide bonds. The second kappa shape index (κ2) is 11.5. The van der Waals surface area contributed by atoms with Crippen LogP contribution in [0, 0.1) is 5.82 Å².